The third-order valence-corrected chi connectivity index (χ3v) is 6.67. The summed E-state index contributed by atoms with van der Waals surface area (Å²) in [6.45, 7) is 2.05. The highest BCUT2D eigenvalue weighted by molar-refractivity contribution is 7.21. The fraction of sp³-hybridized carbons (Fsp3) is 0.0741. The molecule has 3 heterocycles. The van der Waals surface area contributed by atoms with Crippen molar-refractivity contribution >= 4 is 38.8 Å². The van der Waals surface area contributed by atoms with E-state index in [1.54, 1.807) is 31.6 Å². The number of fused-ring (bicyclic) bond motifs is 1. The molecule has 6 nitrogen and oxygen atoms in total. The van der Waals surface area contributed by atoms with Crippen LogP contribution in [0.1, 0.15) is 15.2 Å². The van der Waals surface area contributed by atoms with E-state index in [2.05, 4.69) is 41.5 Å². The smallest absolute Gasteiger partial charge is 0.267 e. The number of nitrogens with two attached hydrogens (primary N) is 1. The molecule has 0 aliphatic heterocycles. The van der Waals surface area contributed by atoms with Crippen LogP contribution in [0, 0.1) is 6.92 Å². The second kappa shape index (κ2) is 8.96. The van der Waals surface area contributed by atoms with Gasteiger partial charge in [0.25, 0.3) is 5.91 Å². The Kier molecular flexibility index (Phi) is 5.69. The number of carbonyl (C=O) groups is 1. The lowest BCUT2D eigenvalue weighted by Gasteiger charge is -2.10. The van der Waals surface area contributed by atoms with Crippen molar-refractivity contribution in [3.63, 3.8) is 0 Å². The van der Waals surface area contributed by atoms with Crippen LogP contribution < -0.4 is 15.8 Å². The number of hydrogen-bond donors (Lipinski definition) is 2. The SMILES string of the molecule is COc1ccc(-c2cc(-c3ccc(C)cc3)c3c(N)c(C(=O)Nc4cccnc4)sc3n2)cc1. The zero-order valence-electron chi connectivity index (χ0n) is 18.7. The molecule has 0 aliphatic carbocycles. The van der Waals surface area contributed by atoms with E-state index in [1.807, 2.05) is 30.3 Å². The van der Waals surface area contributed by atoms with E-state index in [0.29, 0.717) is 21.1 Å². The Morgan fingerprint density at radius 3 is 2.44 bits per heavy atom. The van der Waals surface area contributed by atoms with Crippen LogP contribution in [0.4, 0.5) is 11.4 Å². The Bertz CT molecular complexity index is 1480. The van der Waals surface area contributed by atoms with Crippen molar-refractivity contribution in [2.75, 3.05) is 18.2 Å². The molecule has 0 saturated heterocycles. The van der Waals surface area contributed by atoms with Crippen molar-refractivity contribution in [1.29, 1.82) is 0 Å². The van der Waals surface area contributed by atoms with Crippen molar-refractivity contribution in [1.82, 2.24) is 9.97 Å². The normalized spacial score (nSPS) is 10.9. The lowest BCUT2D eigenvalue weighted by molar-refractivity contribution is 0.103. The van der Waals surface area contributed by atoms with Gasteiger partial charge in [0.05, 0.1) is 30.4 Å². The number of rotatable bonds is 5. The zero-order valence-corrected chi connectivity index (χ0v) is 19.5. The van der Waals surface area contributed by atoms with Crippen molar-refractivity contribution in [3.05, 3.63) is 89.6 Å². The number of carbonyl (C=O) groups excluding carboxylic acids is 1. The number of aryl methyl sites for hydroxylation is 1. The van der Waals surface area contributed by atoms with Gasteiger partial charge in [0.2, 0.25) is 0 Å². The first-order chi connectivity index (χ1) is 16.5. The lowest BCUT2D eigenvalue weighted by Crippen LogP contribution is -2.12. The van der Waals surface area contributed by atoms with Crippen molar-refractivity contribution < 1.29 is 9.53 Å². The molecule has 0 unspecified atom stereocenters. The maximum atomic E-state index is 13.1. The average molecular weight is 467 g/mol. The first-order valence-electron chi connectivity index (χ1n) is 10.7. The largest absolute Gasteiger partial charge is 0.497 e. The molecular weight excluding hydrogens is 444 g/mol. The summed E-state index contributed by atoms with van der Waals surface area (Å²) >= 11 is 1.29. The first-order valence-corrected chi connectivity index (χ1v) is 11.5. The number of thiophene rings is 1. The fourth-order valence-electron chi connectivity index (χ4n) is 3.78. The predicted molar refractivity (Wildman–Crippen MR) is 138 cm³/mol. The van der Waals surface area contributed by atoms with Crippen LogP contribution in [0.25, 0.3) is 32.6 Å². The van der Waals surface area contributed by atoms with Crippen LogP contribution in [0.15, 0.2) is 79.1 Å². The lowest BCUT2D eigenvalue weighted by atomic mass is 9.98. The van der Waals surface area contributed by atoms with Crippen molar-refractivity contribution in [2.24, 2.45) is 0 Å². The maximum Gasteiger partial charge on any atom is 0.267 e. The molecule has 34 heavy (non-hydrogen) atoms. The molecule has 7 heteroatoms. The molecule has 0 atom stereocenters. The molecule has 0 spiro atoms. The highest BCUT2D eigenvalue weighted by Gasteiger charge is 2.22. The zero-order chi connectivity index (χ0) is 23.7. The van der Waals surface area contributed by atoms with E-state index >= 15 is 0 Å². The van der Waals surface area contributed by atoms with E-state index in [9.17, 15) is 4.79 Å². The van der Waals surface area contributed by atoms with Crippen LogP contribution in [-0.2, 0) is 0 Å². The summed E-state index contributed by atoms with van der Waals surface area (Å²) in [7, 11) is 1.64. The van der Waals surface area contributed by atoms with Gasteiger partial charge in [-0.1, -0.05) is 29.8 Å². The summed E-state index contributed by atoms with van der Waals surface area (Å²) < 4.78 is 5.29. The third-order valence-electron chi connectivity index (χ3n) is 5.57. The summed E-state index contributed by atoms with van der Waals surface area (Å²) in [6, 6.07) is 21.6. The maximum absolute atomic E-state index is 13.1. The number of anilines is 2. The third kappa shape index (κ3) is 4.09. The summed E-state index contributed by atoms with van der Waals surface area (Å²) in [4.78, 5) is 23.1. The van der Waals surface area contributed by atoms with Gasteiger partial charge in [-0.3, -0.25) is 9.78 Å². The summed E-state index contributed by atoms with van der Waals surface area (Å²) in [5, 5.41) is 3.65. The highest BCUT2D eigenvalue weighted by atomic mass is 32.1. The summed E-state index contributed by atoms with van der Waals surface area (Å²) in [6.07, 6.45) is 3.25. The molecule has 1 amide bonds. The van der Waals surface area contributed by atoms with Gasteiger partial charge in [0.15, 0.2) is 0 Å². The molecule has 0 saturated carbocycles. The number of aromatic nitrogens is 2. The van der Waals surface area contributed by atoms with E-state index in [0.717, 1.165) is 33.5 Å². The fourth-order valence-corrected chi connectivity index (χ4v) is 4.80. The molecule has 5 aromatic rings. The molecule has 0 radical (unpaired) electrons. The minimum atomic E-state index is -0.283. The van der Waals surface area contributed by atoms with Crippen LogP contribution in [0.5, 0.6) is 5.75 Å². The number of nitrogens with zero attached hydrogens (tertiary/aromatic N) is 2. The number of pyridine rings is 2. The second-order valence-corrected chi connectivity index (χ2v) is 8.87. The van der Waals surface area contributed by atoms with Crippen LogP contribution in [0.3, 0.4) is 0 Å². The Morgan fingerprint density at radius 1 is 1.03 bits per heavy atom. The van der Waals surface area contributed by atoms with Gasteiger partial charge in [-0.2, -0.15) is 0 Å². The van der Waals surface area contributed by atoms with Gasteiger partial charge in [0.1, 0.15) is 15.5 Å². The van der Waals surface area contributed by atoms with Crippen LogP contribution >= 0.6 is 11.3 Å². The summed E-state index contributed by atoms with van der Waals surface area (Å²) in [5.74, 6) is 0.493. The van der Waals surface area contributed by atoms with Gasteiger partial charge in [-0.25, -0.2) is 4.98 Å². The molecule has 0 aliphatic rings. The number of amides is 1. The number of nitrogen functional groups attached to an aromatic ring is 1. The Hall–Kier alpha value is -4.23. The molecular formula is C27H22N4O2S. The van der Waals surface area contributed by atoms with Gasteiger partial charge < -0.3 is 15.8 Å². The van der Waals surface area contributed by atoms with Crippen LogP contribution in [0.2, 0.25) is 0 Å². The number of methoxy groups -OCH3 is 1. The van der Waals surface area contributed by atoms with Gasteiger partial charge in [0, 0.05) is 17.1 Å². The van der Waals surface area contributed by atoms with Crippen LogP contribution in [-0.4, -0.2) is 23.0 Å². The number of nitrogens with one attached hydrogen (secondary N) is 1. The average Bonchev–Trinajstić information content (AvgIpc) is 3.21. The Morgan fingerprint density at radius 2 is 1.76 bits per heavy atom. The molecule has 5 rings (SSSR count). The van der Waals surface area contributed by atoms with Crippen molar-refractivity contribution in [2.45, 2.75) is 6.92 Å². The number of benzene rings is 2. The quantitative estimate of drug-likeness (QED) is 0.323. The molecule has 2 aromatic carbocycles. The molecule has 168 valence electrons. The van der Waals surface area contributed by atoms with E-state index in [-0.39, 0.29) is 5.91 Å². The first kappa shape index (κ1) is 21.6. The second-order valence-electron chi connectivity index (χ2n) is 7.87. The monoisotopic (exact) mass is 466 g/mol. The molecule has 0 fully saturated rings. The predicted octanol–water partition coefficient (Wildman–Crippen LogP) is 6.18. The molecule has 0 bridgehead atoms. The topological polar surface area (TPSA) is 90.1 Å². The van der Waals surface area contributed by atoms with Gasteiger partial charge in [-0.05, 0) is 60.5 Å². The van der Waals surface area contributed by atoms with Gasteiger partial charge in [-0.15, -0.1) is 11.3 Å². The summed E-state index contributed by atoms with van der Waals surface area (Å²) in [5.41, 5.74) is 12.5. The van der Waals surface area contributed by atoms with E-state index in [4.69, 9.17) is 15.5 Å². The van der Waals surface area contributed by atoms with Gasteiger partial charge >= 0.3 is 0 Å². The molecule has 3 aromatic heterocycles. The number of ether oxygens (including phenoxy) is 1. The Labute approximate surface area is 201 Å². The number of hydrogen-bond acceptors (Lipinski definition) is 6. The highest BCUT2D eigenvalue weighted by Crippen LogP contribution is 2.41. The minimum absolute atomic E-state index is 0.283. The van der Waals surface area contributed by atoms with Crippen molar-refractivity contribution in [3.8, 4) is 28.1 Å². The molecule has 3 N–H and O–H groups in total. The van der Waals surface area contributed by atoms with E-state index in [1.165, 1.54) is 16.9 Å². The van der Waals surface area contributed by atoms with E-state index < -0.39 is 0 Å². The minimum Gasteiger partial charge on any atom is -0.497 e. The standard InChI is InChI=1S/C27H22N4O2S/c1-16-5-7-17(8-6-16)21-14-22(18-9-11-20(33-2)12-10-18)31-27-23(21)24(28)25(34-27)26(32)30-19-4-3-13-29-15-19/h3-15H,28H2,1-2H3,(H,30,32). The Balaban J connectivity index is 1.67.